The molecule has 0 N–H and O–H groups in total. The summed E-state index contributed by atoms with van der Waals surface area (Å²) < 4.78 is 4.34. The van der Waals surface area contributed by atoms with Gasteiger partial charge in [-0.1, -0.05) is 5.57 Å². The minimum atomic E-state index is -0.236. The fourth-order valence-electron chi connectivity index (χ4n) is 0.204. The van der Waals surface area contributed by atoms with E-state index >= 15 is 0 Å². The summed E-state index contributed by atoms with van der Waals surface area (Å²) in [6.07, 6.45) is 0. The summed E-state index contributed by atoms with van der Waals surface area (Å²) in [7, 11) is 1.37. The summed E-state index contributed by atoms with van der Waals surface area (Å²) in [5.74, 6) is -0.236. The quantitative estimate of drug-likeness (QED) is 0.335. The number of ether oxygens (including phenoxy) is 1. The summed E-state index contributed by atoms with van der Waals surface area (Å²) in [6, 6.07) is 0. The fraction of sp³-hybridized carbons (Fsp3) is 0.600. The van der Waals surface area contributed by atoms with E-state index in [0.29, 0.717) is 5.57 Å². The first-order chi connectivity index (χ1) is 3.18. The van der Waals surface area contributed by atoms with E-state index in [1.54, 1.807) is 13.8 Å². The van der Waals surface area contributed by atoms with Crippen molar-refractivity contribution < 1.29 is 26.8 Å². The molecule has 0 spiro atoms. The average molecular weight is 205 g/mol. The normalized spacial score (nSPS) is 6.11. The van der Waals surface area contributed by atoms with Crippen LogP contribution in [0.1, 0.15) is 13.8 Å². The Hall–Kier alpha value is 0.586. The van der Waals surface area contributed by atoms with E-state index in [1.807, 2.05) is 0 Å². The molecule has 9 heavy (non-hydrogen) atoms. The largest absolute Gasteiger partial charge is 2.00 e. The van der Waals surface area contributed by atoms with Crippen molar-refractivity contribution in [2.24, 2.45) is 0 Å². The number of halogens is 1. The van der Waals surface area contributed by atoms with Crippen molar-refractivity contribution in [1.82, 2.24) is 0 Å². The summed E-state index contributed by atoms with van der Waals surface area (Å²) >= 11 is 0. The number of hydrogen-bond donors (Lipinski definition) is 0. The van der Waals surface area contributed by atoms with Gasteiger partial charge >= 0.3 is 23.1 Å². The smallest absolute Gasteiger partial charge is 1.00 e. The van der Waals surface area contributed by atoms with E-state index in [-0.39, 0.29) is 46.0 Å². The van der Waals surface area contributed by atoms with Gasteiger partial charge in [0.05, 0.1) is 0 Å². The first-order valence-corrected chi connectivity index (χ1v) is 2.07. The summed E-state index contributed by atoms with van der Waals surface area (Å²) in [6.45, 7) is 3.43. The minimum Gasteiger partial charge on any atom is -1.00 e. The van der Waals surface area contributed by atoms with E-state index in [2.05, 4.69) is 4.74 Å². The molecule has 2 nitrogen and oxygen atoms in total. The molecule has 0 aliphatic heterocycles. The number of methoxy groups -OCH3 is 1. The molecule has 0 aromatic rings. The third-order valence-electron chi connectivity index (χ3n) is 0.594. The SMILES string of the molecule is COC([O-])=C(C)C.[Br-].[Mg+2]. The minimum absolute atomic E-state index is 0. The maximum atomic E-state index is 10.3. The van der Waals surface area contributed by atoms with Gasteiger partial charge in [-0.25, -0.2) is 0 Å². The Labute approximate surface area is 82.2 Å². The first-order valence-electron chi connectivity index (χ1n) is 2.07. The van der Waals surface area contributed by atoms with E-state index in [1.165, 1.54) is 7.11 Å². The van der Waals surface area contributed by atoms with Crippen LogP contribution in [-0.2, 0) is 4.74 Å². The van der Waals surface area contributed by atoms with Gasteiger partial charge in [-0.15, -0.1) is 0 Å². The zero-order chi connectivity index (χ0) is 5.86. The topological polar surface area (TPSA) is 32.3 Å². The maximum absolute atomic E-state index is 10.3. The molecule has 0 aliphatic rings. The molecule has 0 amide bonds. The molecule has 0 saturated carbocycles. The Morgan fingerprint density at radius 2 is 1.67 bits per heavy atom. The zero-order valence-corrected chi connectivity index (χ0v) is 8.90. The predicted octanol–water partition coefficient (Wildman–Crippen LogP) is -3.13. The number of hydrogen-bond acceptors (Lipinski definition) is 2. The van der Waals surface area contributed by atoms with E-state index in [0.717, 1.165) is 0 Å². The summed E-state index contributed by atoms with van der Waals surface area (Å²) in [5, 5.41) is 10.3. The molecule has 4 heteroatoms. The molecule has 0 aliphatic carbocycles. The van der Waals surface area contributed by atoms with Crippen LogP contribution in [0.25, 0.3) is 0 Å². The van der Waals surface area contributed by atoms with Crippen molar-refractivity contribution in [2.75, 3.05) is 7.11 Å². The summed E-state index contributed by atoms with van der Waals surface area (Å²) in [4.78, 5) is 0. The van der Waals surface area contributed by atoms with Crippen LogP contribution in [0, 0.1) is 0 Å². The van der Waals surface area contributed by atoms with Crippen LogP contribution in [0.3, 0.4) is 0 Å². The standard InChI is InChI=1S/C5H10O2.BrH.Mg/c1-4(2)5(6)7-3;;/h6H,1-3H3;1H;/q;;+2/p-2. The fourth-order valence-corrected chi connectivity index (χ4v) is 0.204. The monoisotopic (exact) mass is 204 g/mol. The summed E-state index contributed by atoms with van der Waals surface area (Å²) in [5.41, 5.74) is 0.683. The van der Waals surface area contributed by atoms with Crippen LogP contribution < -0.4 is 22.1 Å². The van der Waals surface area contributed by atoms with Gasteiger partial charge in [0.25, 0.3) is 0 Å². The second-order valence-electron chi connectivity index (χ2n) is 1.49. The number of allylic oxidation sites excluding steroid dienone is 1. The molecule has 0 radical (unpaired) electrons. The van der Waals surface area contributed by atoms with Crippen molar-refractivity contribution in [3.8, 4) is 0 Å². The molecule has 0 bridgehead atoms. The predicted molar refractivity (Wildman–Crippen MR) is 31.1 cm³/mol. The Balaban J connectivity index is -0.000000180. The van der Waals surface area contributed by atoms with E-state index < -0.39 is 0 Å². The van der Waals surface area contributed by atoms with Crippen LogP contribution in [0.15, 0.2) is 11.5 Å². The molecule has 0 aromatic heterocycles. The Morgan fingerprint density at radius 1 is 1.33 bits per heavy atom. The van der Waals surface area contributed by atoms with Crippen molar-refractivity contribution in [1.29, 1.82) is 0 Å². The van der Waals surface area contributed by atoms with Gasteiger partial charge in [-0.3, -0.25) is 0 Å². The first kappa shape index (κ1) is 16.3. The molecule has 0 rings (SSSR count). The Bertz CT molecular complexity index is 89.0. The second kappa shape index (κ2) is 8.59. The third-order valence-corrected chi connectivity index (χ3v) is 0.594. The van der Waals surface area contributed by atoms with Crippen molar-refractivity contribution >= 4 is 23.1 Å². The van der Waals surface area contributed by atoms with Crippen LogP contribution in [0.4, 0.5) is 0 Å². The van der Waals surface area contributed by atoms with Crippen LogP contribution >= 0.6 is 0 Å². The molecule has 0 atom stereocenters. The molecule has 50 valence electrons. The van der Waals surface area contributed by atoms with Crippen molar-refractivity contribution in [3.05, 3.63) is 11.5 Å². The van der Waals surface area contributed by atoms with Gasteiger partial charge < -0.3 is 26.8 Å². The van der Waals surface area contributed by atoms with E-state index in [9.17, 15) is 5.11 Å². The molecular formula is C5H9BrMgO2. The van der Waals surface area contributed by atoms with E-state index in [4.69, 9.17) is 0 Å². The molecule has 0 heterocycles. The van der Waals surface area contributed by atoms with Gasteiger partial charge in [-0.2, -0.15) is 0 Å². The molecule has 0 fully saturated rings. The van der Waals surface area contributed by atoms with Gasteiger partial charge in [0.15, 0.2) is 0 Å². The van der Waals surface area contributed by atoms with Crippen LogP contribution in [0.5, 0.6) is 0 Å². The van der Waals surface area contributed by atoms with Crippen molar-refractivity contribution in [3.63, 3.8) is 0 Å². The molecule has 0 unspecified atom stereocenters. The van der Waals surface area contributed by atoms with Gasteiger partial charge in [0.1, 0.15) is 0 Å². The maximum Gasteiger partial charge on any atom is 2.00 e. The Morgan fingerprint density at radius 3 is 1.67 bits per heavy atom. The van der Waals surface area contributed by atoms with Gasteiger partial charge in [-0.05, 0) is 21.0 Å². The van der Waals surface area contributed by atoms with Crippen molar-refractivity contribution in [2.45, 2.75) is 13.8 Å². The Kier molecular flexibility index (Phi) is 15.5. The number of rotatable bonds is 1. The molecule has 0 saturated heterocycles. The van der Waals surface area contributed by atoms with Gasteiger partial charge in [0, 0.05) is 5.95 Å². The second-order valence-corrected chi connectivity index (χ2v) is 1.49. The van der Waals surface area contributed by atoms with Crippen LogP contribution in [0.2, 0.25) is 0 Å². The molecule has 0 aromatic carbocycles. The average Bonchev–Trinajstić information content (AvgIpc) is 1.65. The van der Waals surface area contributed by atoms with Gasteiger partial charge in [0.2, 0.25) is 0 Å². The zero-order valence-electron chi connectivity index (χ0n) is 5.90. The van der Waals surface area contributed by atoms with Crippen LogP contribution in [-0.4, -0.2) is 30.2 Å². The molecular weight excluding hydrogens is 196 g/mol. The third kappa shape index (κ3) is 8.59.